The van der Waals surface area contributed by atoms with Crippen LogP contribution in [0.5, 0.6) is 0 Å². The molecule has 2 aromatic heterocycles. The zero-order chi connectivity index (χ0) is 14.4. The Morgan fingerprint density at radius 2 is 2.35 bits per heavy atom. The highest BCUT2D eigenvalue weighted by atomic mass is 32.2. The van der Waals surface area contributed by atoms with Gasteiger partial charge in [0.2, 0.25) is 0 Å². The number of carbonyl (C=O) groups is 1. The van der Waals surface area contributed by atoms with E-state index in [1.165, 1.54) is 0 Å². The van der Waals surface area contributed by atoms with Gasteiger partial charge in [0, 0.05) is 18.9 Å². The first kappa shape index (κ1) is 14.7. The van der Waals surface area contributed by atoms with Crippen molar-refractivity contribution in [3.63, 3.8) is 0 Å². The zero-order valence-corrected chi connectivity index (χ0v) is 12.6. The molecule has 0 atom stereocenters. The second kappa shape index (κ2) is 7.19. The smallest absolute Gasteiger partial charge is 0.287 e. The Balaban J connectivity index is 1.92. The minimum atomic E-state index is -0.205. The van der Waals surface area contributed by atoms with Crippen molar-refractivity contribution in [2.75, 3.05) is 6.26 Å². The number of aryl methyl sites for hydroxylation is 1. The third-order valence-electron chi connectivity index (χ3n) is 2.85. The van der Waals surface area contributed by atoms with E-state index in [9.17, 15) is 4.79 Å². The summed E-state index contributed by atoms with van der Waals surface area (Å²) in [6.45, 7) is 3.42. The van der Waals surface area contributed by atoms with Crippen LogP contribution >= 0.6 is 11.8 Å². The lowest BCUT2D eigenvalue weighted by molar-refractivity contribution is 0.0920. The van der Waals surface area contributed by atoms with E-state index in [4.69, 9.17) is 4.42 Å². The number of amides is 1. The minimum absolute atomic E-state index is 0.205. The molecule has 6 heteroatoms. The molecule has 1 N–H and O–H groups in total. The Morgan fingerprint density at radius 3 is 3.10 bits per heavy atom. The van der Waals surface area contributed by atoms with Crippen LogP contribution in [0, 0.1) is 0 Å². The van der Waals surface area contributed by atoms with Crippen LogP contribution < -0.4 is 5.32 Å². The van der Waals surface area contributed by atoms with Gasteiger partial charge in [0.15, 0.2) is 5.76 Å². The predicted molar refractivity (Wildman–Crippen MR) is 79.6 cm³/mol. The molecule has 2 rings (SSSR count). The van der Waals surface area contributed by atoms with Crippen LogP contribution in [0.3, 0.4) is 0 Å². The van der Waals surface area contributed by atoms with E-state index in [0.29, 0.717) is 12.3 Å². The highest BCUT2D eigenvalue weighted by Crippen LogP contribution is 2.13. The van der Waals surface area contributed by atoms with Crippen molar-refractivity contribution in [2.24, 2.45) is 0 Å². The molecule has 2 heterocycles. The van der Waals surface area contributed by atoms with Crippen LogP contribution in [0.25, 0.3) is 0 Å². The summed E-state index contributed by atoms with van der Waals surface area (Å²) in [7, 11) is 0. The molecule has 20 heavy (non-hydrogen) atoms. The molecule has 5 nitrogen and oxygen atoms in total. The lowest BCUT2D eigenvalue weighted by atomic mass is 10.4. The van der Waals surface area contributed by atoms with Crippen LogP contribution in [0.2, 0.25) is 0 Å². The molecule has 0 unspecified atom stereocenters. The Kier molecular flexibility index (Phi) is 5.29. The largest absolute Gasteiger partial charge is 0.455 e. The van der Waals surface area contributed by atoms with Gasteiger partial charge >= 0.3 is 0 Å². The zero-order valence-electron chi connectivity index (χ0n) is 11.8. The molecule has 0 fully saturated rings. The first-order chi connectivity index (χ1) is 9.74. The van der Waals surface area contributed by atoms with Gasteiger partial charge in [-0.25, -0.2) is 4.98 Å². The van der Waals surface area contributed by atoms with Gasteiger partial charge in [0.25, 0.3) is 5.91 Å². The lowest BCUT2D eigenvalue weighted by Crippen LogP contribution is -2.24. The summed E-state index contributed by atoms with van der Waals surface area (Å²) in [4.78, 5) is 16.2. The highest BCUT2D eigenvalue weighted by molar-refractivity contribution is 7.97. The van der Waals surface area contributed by atoms with E-state index in [-0.39, 0.29) is 5.91 Å². The van der Waals surface area contributed by atoms with Crippen molar-refractivity contribution in [3.05, 3.63) is 41.9 Å². The number of nitrogens with one attached hydrogen (secondary N) is 1. The Morgan fingerprint density at radius 1 is 1.50 bits per heavy atom. The molecule has 108 valence electrons. The summed E-state index contributed by atoms with van der Waals surface area (Å²) < 4.78 is 7.52. The van der Waals surface area contributed by atoms with Crippen molar-refractivity contribution in [1.29, 1.82) is 0 Å². The van der Waals surface area contributed by atoms with E-state index in [1.54, 1.807) is 24.0 Å². The number of rotatable bonds is 7. The number of aromatic nitrogens is 2. The molecule has 1 amide bonds. The maximum atomic E-state index is 12.0. The molecule has 0 aliphatic carbocycles. The maximum Gasteiger partial charge on any atom is 0.287 e. The van der Waals surface area contributed by atoms with Crippen molar-refractivity contribution in [3.8, 4) is 0 Å². The van der Waals surface area contributed by atoms with Crippen LogP contribution in [0.15, 0.2) is 28.9 Å². The molecule has 0 aliphatic heterocycles. The molecule has 0 aliphatic rings. The molecule has 0 bridgehead atoms. The summed E-state index contributed by atoms with van der Waals surface area (Å²) >= 11 is 1.66. The first-order valence-electron chi connectivity index (χ1n) is 6.60. The van der Waals surface area contributed by atoms with Gasteiger partial charge in [0.05, 0.1) is 12.3 Å². The van der Waals surface area contributed by atoms with Crippen molar-refractivity contribution >= 4 is 17.7 Å². The third-order valence-corrected chi connectivity index (χ3v) is 3.42. The number of imidazole rings is 1. The minimum Gasteiger partial charge on any atom is -0.455 e. The Labute approximate surface area is 122 Å². The van der Waals surface area contributed by atoms with Gasteiger partial charge in [0.1, 0.15) is 11.6 Å². The average Bonchev–Trinajstić information content (AvgIpc) is 3.06. The van der Waals surface area contributed by atoms with E-state index in [2.05, 4.69) is 17.2 Å². The highest BCUT2D eigenvalue weighted by Gasteiger charge is 2.12. The summed E-state index contributed by atoms with van der Waals surface area (Å²) in [5, 5.41) is 2.83. The molecular formula is C14H19N3O2S. The van der Waals surface area contributed by atoms with Crippen molar-refractivity contribution in [2.45, 2.75) is 32.2 Å². The monoisotopic (exact) mass is 293 g/mol. The normalized spacial score (nSPS) is 10.7. The summed E-state index contributed by atoms with van der Waals surface area (Å²) in [6, 6.07) is 3.54. The van der Waals surface area contributed by atoms with E-state index in [0.717, 1.165) is 30.3 Å². The van der Waals surface area contributed by atoms with Crippen molar-refractivity contribution < 1.29 is 9.21 Å². The molecule has 2 aromatic rings. The van der Waals surface area contributed by atoms with Crippen molar-refractivity contribution in [1.82, 2.24) is 14.9 Å². The number of nitrogens with zero attached hydrogens (tertiary/aromatic N) is 2. The van der Waals surface area contributed by atoms with Gasteiger partial charge in [-0.3, -0.25) is 4.79 Å². The topological polar surface area (TPSA) is 60.1 Å². The van der Waals surface area contributed by atoms with E-state index < -0.39 is 0 Å². The third kappa shape index (κ3) is 3.66. The fraction of sp³-hybridized carbons (Fsp3) is 0.429. The number of hydrogen-bond donors (Lipinski definition) is 1. The summed E-state index contributed by atoms with van der Waals surface area (Å²) in [5.74, 6) is 2.59. The summed E-state index contributed by atoms with van der Waals surface area (Å²) in [5.41, 5.74) is 0. The first-order valence-corrected chi connectivity index (χ1v) is 7.99. The van der Waals surface area contributed by atoms with Crippen LogP contribution in [-0.2, 0) is 18.8 Å². The standard InChI is InChI=1S/C14H19N3O2S/c1-3-7-17-8-6-15-13(17)9-16-14(18)12-5-4-11(19-12)10-20-2/h4-6,8H,3,7,9-10H2,1-2H3,(H,16,18). The van der Waals surface area contributed by atoms with Gasteiger partial charge in [-0.2, -0.15) is 11.8 Å². The molecule has 0 saturated carbocycles. The van der Waals surface area contributed by atoms with Crippen LogP contribution in [-0.4, -0.2) is 21.7 Å². The van der Waals surface area contributed by atoms with Crippen LogP contribution in [0.1, 0.15) is 35.5 Å². The van der Waals surface area contributed by atoms with E-state index >= 15 is 0 Å². The second-order valence-electron chi connectivity index (χ2n) is 4.42. The SMILES string of the molecule is CCCn1ccnc1CNC(=O)c1ccc(CSC)o1. The molecule has 0 aromatic carbocycles. The fourth-order valence-electron chi connectivity index (χ4n) is 1.92. The molecular weight excluding hydrogens is 274 g/mol. The molecule has 0 radical (unpaired) electrons. The average molecular weight is 293 g/mol. The second-order valence-corrected chi connectivity index (χ2v) is 5.28. The quantitative estimate of drug-likeness (QED) is 0.852. The fourth-order valence-corrected chi connectivity index (χ4v) is 2.36. The maximum absolute atomic E-state index is 12.0. The Bertz CT molecular complexity index is 562. The summed E-state index contributed by atoms with van der Waals surface area (Å²) in [6.07, 6.45) is 6.71. The van der Waals surface area contributed by atoms with E-state index in [1.807, 2.05) is 23.1 Å². The van der Waals surface area contributed by atoms with Crippen LogP contribution in [0.4, 0.5) is 0 Å². The lowest BCUT2D eigenvalue weighted by Gasteiger charge is -2.06. The molecule has 0 spiro atoms. The van der Waals surface area contributed by atoms with Gasteiger partial charge < -0.3 is 14.3 Å². The van der Waals surface area contributed by atoms with Gasteiger partial charge in [-0.05, 0) is 24.8 Å². The number of thioether (sulfide) groups is 1. The predicted octanol–water partition coefficient (Wildman–Crippen LogP) is 2.68. The number of carbonyl (C=O) groups excluding carboxylic acids is 1. The van der Waals surface area contributed by atoms with Gasteiger partial charge in [-0.1, -0.05) is 6.92 Å². The molecule has 0 saturated heterocycles. The van der Waals surface area contributed by atoms with Gasteiger partial charge in [-0.15, -0.1) is 0 Å². The Hall–Kier alpha value is -1.69. The number of furan rings is 1. The number of hydrogen-bond acceptors (Lipinski definition) is 4.